The van der Waals surface area contributed by atoms with Crippen molar-refractivity contribution in [2.75, 3.05) is 13.7 Å². The van der Waals surface area contributed by atoms with Gasteiger partial charge in [-0.1, -0.05) is 81.4 Å². The summed E-state index contributed by atoms with van der Waals surface area (Å²) in [4.78, 5) is 13.1. The fourth-order valence-corrected chi connectivity index (χ4v) is 4.42. The van der Waals surface area contributed by atoms with Crippen LogP contribution in [-0.2, 0) is 19.4 Å². The molecule has 0 unspecified atom stereocenters. The first-order chi connectivity index (χ1) is 13.2. The minimum atomic E-state index is -1.95. The van der Waals surface area contributed by atoms with Gasteiger partial charge in [0.2, 0.25) is 0 Å². The first-order valence-electron chi connectivity index (χ1n) is 9.73. The van der Waals surface area contributed by atoms with Crippen LogP contribution >= 0.6 is 0 Å². The summed E-state index contributed by atoms with van der Waals surface area (Å²) in [5.41, 5.74) is 3.17. The summed E-state index contributed by atoms with van der Waals surface area (Å²) in [7, 11) is -0.494. The van der Waals surface area contributed by atoms with Crippen molar-refractivity contribution in [2.24, 2.45) is 0 Å². The van der Waals surface area contributed by atoms with Crippen LogP contribution in [0.25, 0.3) is 5.57 Å². The normalized spacial score (nSPS) is 19.5. The number of ether oxygens (including phenoxy) is 1. The Morgan fingerprint density at radius 2 is 1.50 bits per heavy atom. The molecule has 3 rings (SSSR count). The molecule has 0 saturated heterocycles. The van der Waals surface area contributed by atoms with Gasteiger partial charge in [0.05, 0.1) is 13.7 Å². The van der Waals surface area contributed by atoms with E-state index >= 15 is 0 Å². The average Bonchev–Trinajstić information content (AvgIpc) is 3.36. The van der Waals surface area contributed by atoms with Gasteiger partial charge in [-0.2, -0.15) is 0 Å². The van der Waals surface area contributed by atoms with E-state index in [4.69, 9.17) is 9.16 Å². The largest absolute Gasteiger partial charge is 0.468 e. The fourth-order valence-electron chi connectivity index (χ4n) is 3.48. The molecule has 2 aromatic rings. The Hall–Kier alpha value is -2.17. The van der Waals surface area contributed by atoms with Crippen molar-refractivity contribution in [3.63, 3.8) is 0 Å². The van der Waals surface area contributed by atoms with Crippen molar-refractivity contribution < 1.29 is 14.0 Å². The van der Waals surface area contributed by atoms with Crippen LogP contribution in [0.5, 0.6) is 0 Å². The van der Waals surface area contributed by atoms with Gasteiger partial charge in [0.25, 0.3) is 0 Å². The highest BCUT2D eigenvalue weighted by atomic mass is 28.4. The number of esters is 1. The van der Waals surface area contributed by atoms with Crippen molar-refractivity contribution in [3.05, 3.63) is 77.4 Å². The summed E-state index contributed by atoms with van der Waals surface area (Å²) >= 11 is 0. The molecular weight excluding hydrogens is 364 g/mol. The molecule has 0 bridgehead atoms. The third-order valence-corrected chi connectivity index (χ3v) is 10.7. The Balaban J connectivity index is 2.06. The summed E-state index contributed by atoms with van der Waals surface area (Å²) in [5.74, 6) is -0.244. The van der Waals surface area contributed by atoms with Crippen molar-refractivity contribution in [3.8, 4) is 0 Å². The Morgan fingerprint density at radius 1 is 0.964 bits per heavy atom. The molecule has 0 aromatic heterocycles. The Bertz CT molecular complexity index is 879. The van der Waals surface area contributed by atoms with Crippen LogP contribution in [0.15, 0.2) is 66.2 Å². The summed E-state index contributed by atoms with van der Waals surface area (Å²) in [5, 5.41) is 0.107. The molecule has 0 aliphatic heterocycles. The van der Waals surface area contributed by atoms with E-state index in [1.54, 1.807) is 0 Å². The van der Waals surface area contributed by atoms with Crippen molar-refractivity contribution >= 4 is 19.9 Å². The molecule has 2 aromatic carbocycles. The maximum atomic E-state index is 13.1. The van der Waals surface area contributed by atoms with Crippen LogP contribution in [0.4, 0.5) is 0 Å². The lowest BCUT2D eigenvalue weighted by Crippen LogP contribution is -2.41. The van der Waals surface area contributed by atoms with Crippen LogP contribution in [0.2, 0.25) is 18.1 Å². The van der Waals surface area contributed by atoms with Crippen LogP contribution in [0.1, 0.15) is 31.9 Å². The minimum Gasteiger partial charge on any atom is -0.468 e. The van der Waals surface area contributed by atoms with Gasteiger partial charge >= 0.3 is 5.97 Å². The maximum absolute atomic E-state index is 13.1. The lowest BCUT2D eigenvalue weighted by atomic mass is 9.86. The molecule has 3 nitrogen and oxygen atoms in total. The summed E-state index contributed by atoms with van der Waals surface area (Å²) < 4.78 is 11.8. The van der Waals surface area contributed by atoms with Gasteiger partial charge < -0.3 is 9.16 Å². The molecule has 1 atom stereocenters. The predicted octanol–water partition coefficient (Wildman–Crippen LogP) is 5.59. The predicted molar refractivity (Wildman–Crippen MR) is 117 cm³/mol. The molecule has 0 saturated carbocycles. The molecule has 1 aliphatic rings. The summed E-state index contributed by atoms with van der Waals surface area (Å²) in [6, 6.07) is 20.0. The van der Waals surface area contributed by atoms with Crippen LogP contribution in [0.3, 0.4) is 0 Å². The Morgan fingerprint density at radius 3 is 2.00 bits per heavy atom. The smallest absolute Gasteiger partial charge is 0.325 e. The Kier molecular flexibility index (Phi) is 5.39. The first-order valence-corrected chi connectivity index (χ1v) is 12.6. The molecule has 1 aliphatic carbocycles. The summed E-state index contributed by atoms with van der Waals surface area (Å²) in [6.07, 6.45) is 0. The third-order valence-electron chi connectivity index (χ3n) is 6.21. The van der Waals surface area contributed by atoms with E-state index in [1.807, 2.05) is 48.5 Å². The van der Waals surface area contributed by atoms with Gasteiger partial charge in [0, 0.05) is 0 Å². The zero-order valence-electron chi connectivity index (χ0n) is 17.7. The quantitative estimate of drug-likeness (QED) is 0.473. The number of hydrogen-bond donors (Lipinski definition) is 0. The van der Waals surface area contributed by atoms with Crippen LogP contribution < -0.4 is 0 Å². The molecule has 4 heteroatoms. The fraction of sp³-hybridized carbons (Fsp3) is 0.375. The number of carbonyl (C=O) groups excluding carboxylic acids is 1. The number of rotatable bonds is 6. The van der Waals surface area contributed by atoms with Gasteiger partial charge in [0.1, 0.15) is 5.41 Å². The van der Waals surface area contributed by atoms with E-state index in [2.05, 4.69) is 46.0 Å². The zero-order chi connectivity index (χ0) is 20.6. The number of hydrogen-bond acceptors (Lipinski definition) is 3. The third kappa shape index (κ3) is 3.36. The second-order valence-corrected chi connectivity index (χ2v) is 13.7. The monoisotopic (exact) mass is 394 g/mol. The van der Waals surface area contributed by atoms with Crippen LogP contribution in [-0.4, -0.2) is 28.0 Å². The van der Waals surface area contributed by atoms with E-state index in [0.29, 0.717) is 6.61 Å². The molecule has 0 amide bonds. The zero-order valence-corrected chi connectivity index (χ0v) is 18.7. The van der Waals surface area contributed by atoms with E-state index in [-0.39, 0.29) is 11.0 Å². The average molecular weight is 395 g/mol. The second kappa shape index (κ2) is 7.34. The highest BCUT2D eigenvalue weighted by molar-refractivity contribution is 6.74. The molecule has 0 radical (unpaired) electrons. The molecular formula is C24H30O3Si. The molecule has 0 heterocycles. The first kappa shape index (κ1) is 20.6. The van der Waals surface area contributed by atoms with Gasteiger partial charge in [-0.15, -0.1) is 0 Å². The van der Waals surface area contributed by atoms with Crippen molar-refractivity contribution in [1.82, 2.24) is 0 Å². The highest BCUT2D eigenvalue weighted by Gasteiger charge is 2.62. The lowest BCUT2D eigenvalue weighted by molar-refractivity contribution is -0.142. The summed E-state index contributed by atoms with van der Waals surface area (Å²) in [6.45, 7) is 11.6. The number of carbonyl (C=O) groups is 1. The lowest BCUT2D eigenvalue weighted by Gasteiger charge is -2.36. The van der Waals surface area contributed by atoms with E-state index in [9.17, 15) is 4.79 Å². The minimum absolute atomic E-state index is 0.107. The Labute approximate surface area is 169 Å². The molecule has 28 heavy (non-hydrogen) atoms. The van der Waals surface area contributed by atoms with Gasteiger partial charge in [0.15, 0.2) is 8.32 Å². The number of benzene rings is 2. The van der Waals surface area contributed by atoms with E-state index in [1.165, 1.54) is 7.11 Å². The SMILES string of the molecule is COC(=O)[C@@]1(c2ccccc2)C(CO[Si](C)(C)C(C)(C)C)=C1c1ccccc1. The van der Waals surface area contributed by atoms with Gasteiger partial charge in [-0.25, -0.2) is 0 Å². The molecule has 0 N–H and O–H groups in total. The van der Waals surface area contributed by atoms with Crippen LogP contribution in [0, 0.1) is 0 Å². The van der Waals surface area contributed by atoms with Crippen molar-refractivity contribution in [1.29, 1.82) is 0 Å². The topological polar surface area (TPSA) is 35.5 Å². The molecule has 0 spiro atoms. The second-order valence-electron chi connectivity index (χ2n) is 8.88. The highest BCUT2D eigenvalue weighted by Crippen LogP contribution is 2.60. The molecule has 148 valence electrons. The van der Waals surface area contributed by atoms with E-state index < -0.39 is 13.7 Å². The number of methoxy groups -OCH3 is 1. The maximum Gasteiger partial charge on any atom is 0.325 e. The van der Waals surface area contributed by atoms with E-state index in [0.717, 1.165) is 22.3 Å². The van der Waals surface area contributed by atoms with Crippen molar-refractivity contribution in [2.45, 2.75) is 44.3 Å². The van der Waals surface area contributed by atoms with Gasteiger partial charge in [-0.3, -0.25) is 4.79 Å². The standard InChI is InChI=1S/C24H30O3Si/c1-23(2,3)28(5,6)27-17-20-21(18-13-9-7-10-14-18)24(20,22(25)26-4)19-15-11-8-12-16-19/h7-16H,17H2,1-6H3/t24-/m0/s1. The van der Waals surface area contributed by atoms with Gasteiger partial charge in [-0.05, 0) is 40.4 Å². The molecule has 0 fully saturated rings.